The second-order valence-corrected chi connectivity index (χ2v) is 5.96. The van der Waals surface area contributed by atoms with Crippen molar-refractivity contribution in [2.24, 2.45) is 0 Å². The van der Waals surface area contributed by atoms with E-state index in [0.29, 0.717) is 6.54 Å². The van der Waals surface area contributed by atoms with Gasteiger partial charge < -0.3 is 14.6 Å². The highest BCUT2D eigenvalue weighted by molar-refractivity contribution is 7.86. The summed E-state index contributed by atoms with van der Waals surface area (Å²) in [7, 11) is -3.87. The van der Waals surface area contributed by atoms with E-state index in [1.165, 1.54) is 18.2 Å². The van der Waals surface area contributed by atoms with E-state index in [1.54, 1.807) is 0 Å². The molecule has 0 aliphatic carbocycles. The number of hydrogen-bond acceptors (Lipinski definition) is 5. The third-order valence-corrected chi connectivity index (χ3v) is 3.02. The van der Waals surface area contributed by atoms with Crippen LogP contribution in [0.15, 0.2) is 18.2 Å². The van der Waals surface area contributed by atoms with Crippen molar-refractivity contribution in [2.75, 3.05) is 12.8 Å². The highest BCUT2D eigenvalue weighted by Gasteiger charge is 2.23. The lowest BCUT2D eigenvalue weighted by molar-refractivity contribution is 0.0690. The van der Waals surface area contributed by atoms with E-state index in [2.05, 4.69) is 5.32 Å². The van der Waals surface area contributed by atoms with Crippen LogP contribution in [0.3, 0.4) is 0 Å². The molecule has 7 nitrogen and oxygen atoms in total. The van der Waals surface area contributed by atoms with E-state index in [4.69, 9.17) is 9.29 Å². The van der Waals surface area contributed by atoms with Crippen molar-refractivity contribution >= 4 is 22.0 Å². The zero-order valence-electron chi connectivity index (χ0n) is 11.8. The molecule has 0 heterocycles. The summed E-state index contributed by atoms with van der Waals surface area (Å²) in [5.41, 5.74) is -0.614. The molecule has 0 aliphatic heterocycles. The molecule has 0 fully saturated rings. The van der Waals surface area contributed by atoms with Gasteiger partial charge >= 0.3 is 16.1 Å². The fraction of sp³-hybridized carbons (Fsp3) is 0.385. The van der Waals surface area contributed by atoms with Crippen LogP contribution in [-0.2, 0) is 10.1 Å². The van der Waals surface area contributed by atoms with Gasteiger partial charge in [0.05, 0.1) is 17.4 Å². The van der Waals surface area contributed by atoms with Gasteiger partial charge in [0.1, 0.15) is 0 Å². The van der Waals surface area contributed by atoms with Crippen molar-refractivity contribution < 1.29 is 27.3 Å². The normalized spacial score (nSPS) is 11.0. The highest BCUT2D eigenvalue weighted by atomic mass is 32.2. The highest BCUT2D eigenvalue weighted by Crippen LogP contribution is 2.24. The molecule has 0 aromatic heterocycles. The van der Waals surface area contributed by atoms with Crippen LogP contribution >= 0.6 is 0 Å². The van der Waals surface area contributed by atoms with Crippen LogP contribution in [0.1, 0.15) is 40.5 Å². The molecule has 0 unspecified atom stereocenters. The van der Waals surface area contributed by atoms with Gasteiger partial charge in [0, 0.05) is 6.54 Å². The average Bonchev–Trinajstić information content (AvgIpc) is 2.36. The fourth-order valence-corrected chi connectivity index (χ4v) is 2.11. The molecular weight excluding hydrogens is 298 g/mol. The number of carboxylic acid groups (broad SMARTS) is 1. The van der Waals surface area contributed by atoms with Gasteiger partial charge in [0.15, 0.2) is 5.75 Å². The van der Waals surface area contributed by atoms with Crippen molar-refractivity contribution in [3.05, 3.63) is 29.3 Å². The number of unbranched alkanes of at least 4 members (excludes halogenated alkanes) is 1. The summed E-state index contributed by atoms with van der Waals surface area (Å²) in [4.78, 5) is 23.3. The summed E-state index contributed by atoms with van der Waals surface area (Å²) in [6.07, 6.45) is 2.40. The Morgan fingerprint density at radius 3 is 2.52 bits per heavy atom. The van der Waals surface area contributed by atoms with Gasteiger partial charge in [-0.05, 0) is 18.6 Å². The molecular formula is C13H17NO6S. The average molecular weight is 315 g/mol. The smallest absolute Gasteiger partial charge is 0.336 e. The molecule has 8 heteroatoms. The lowest BCUT2D eigenvalue weighted by atomic mass is 10.1. The monoisotopic (exact) mass is 315 g/mol. The van der Waals surface area contributed by atoms with E-state index < -0.39 is 22.0 Å². The van der Waals surface area contributed by atoms with Crippen LogP contribution in [-0.4, -0.2) is 38.2 Å². The molecule has 21 heavy (non-hydrogen) atoms. The molecule has 2 N–H and O–H groups in total. The number of carbonyl (C=O) groups is 2. The van der Waals surface area contributed by atoms with E-state index in [1.807, 2.05) is 6.92 Å². The van der Waals surface area contributed by atoms with E-state index >= 15 is 0 Å². The van der Waals surface area contributed by atoms with E-state index in [9.17, 15) is 18.0 Å². The molecule has 0 saturated carbocycles. The number of carboxylic acids is 1. The number of hydrogen-bond donors (Lipinski definition) is 2. The second-order valence-electron chi connectivity index (χ2n) is 4.38. The molecule has 0 spiro atoms. The Labute approximate surface area is 123 Å². The van der Waals surface area contributed by atoms with Crippen LogP contribution in [0.25, 0.3) is 0 Å². The quantitative estimate of drug-likeness (QED) is 0.579. The Bertz CT molecular complexity index is 638. The fourth-order valence-electron chi connectivity index (χ4n) is 1.64. The number of nitrogens with one attached hydrogen (secondary N) is 1. The summed E-state index contributed by atoms with van der Waals surface area (Å²) in [5.74, 6) is -2.32. The Morgan fingerprint density at radius 2 is 2.00 bits per heavy atom. The van der Waals surface area contributed by atoms with Gasteiger partial charge in [-0.2, -0.15) is 8.42 Å². The first-order valence-corrected chi connectivity index (χ1v) is 8.12. The second kappa shape index (κ2) is 7.07. The van der Waals surface area contributed by atoms with Gasteiger partial charge in [-0.15, -0.1) is 0 Å². The van der Waals surface area contributed by atoms with E-state index in [-0.39, 0.29) is 16.9 Å². The van der Waals surface area contributed by atoms with Gasteiger partial charge in [-0.1, -0.05) is 19.4 Å². The minimum absolute atomic E-state index is 0.300. The van der Waals surface area contributed by atoms with Gasteiger partial charge in [-0.25, -0.2) is 4.79 Å². The Kier molecular flexibility index (Phi) is 5.71. The zero-order valence-corrected chi connectivity index (χ0v) is 12.6. The summed E-state index contributed by atoms with van der Waals surface area (Å²) < 4.78 is 27.1. The Hall–Kier alpha value is -2.09. The molecule has 0 bridgehead atoms. The molecule has 1 aromatic rings. The minimum Gasteiger partial charge on any atom is -0.478 e. The molecule has 0 radical (unpaired) electrons. The van der Waals surface area contributed by atoms with Gasteiger partial charge in [0.25, 0.3) is 5.91 Å². The molecule has 0 atom stereocenters. The number of benzene rings is 1. The maximum Gasteiger partial charge on any atom is 0.336 e. The van der Waals surface area contributed by atoms with Crippen molar-refractivity contribution in [3.8, 4) is 5.75 Å². The summed E-state index contributed by atoms with van der Waals surface area (Å²) in [6, 6.07) is 3.77. The van der Waals surface area contributed by atoms with E-state index in [0.717, 1.165) is 19.1 Å². The molecule has 1 aromatic carbocycles. The van der Waals surface area contributed by atoms with Crippen LogP contribution in [0.2, 0.25) is 0 Å². The molecule has 0 aliphatic rings. The summed E-state index contributed by atoms with van der Waals surface area (Å²) >= 11 is 0. The van der Waals surface area contributed by atoms with Crippen molar-refractivity contribution in [3.63, 3.8) is 0 Å². The molecule has 1 rings (SSSR count). The standard InChI is InChI=1S/C13H17NO6S/c1-3-4-8-14-12(15)11-9(13(16)17)6-5-7-10(11)20-21(2,18)19/h5-7H,3-4,8H2,1-2H3,(H,14,15)(H,16,17). The van der Waals surface area contributed by atoms with Crippen molar-refractivity contribution in [1.82, 2.24) is 5.32 Å². The molecule has 116 valence electrons. The predicted octanol–water partition coefficient (Wildman–Crippen LogP) is 1.25. The van der Waals surface area contributed by atoms with Crippen LogP contribution in [0, 0.1) is 0 Å². The third kappa shape index (κ3) is 5.07. The lowest BCUT2D eigenvalue weighted by Crippen LogP contribution is -2.27. The number of rotatable bonds is 7. The van der Waals surface area contributed by atoms with Crippen LogP contribution in [0.4, 0.5) is 0 Å². The first kappa shape index (κ1) is 17.0. The Morgan fingerprint density at radius 1 is 1.33 bits per heavy atom. The molecule has 1 amide bonds. The summed E-state index contributed by atoms with van der Waals surface area (Å²) in [5, 5.41) is 11.7. The maximum atomic E-state index is 12.1. The number of amides is 1. The van der Waals surface area contributed by atoms with Crippen LogP contribution < -0.4 is 9.50 Å². The first-order chi connectivity index (χ1) is 9.76. The minimum atomic E-state index is -3.87. The zero-order chi connectivity index (χ0) is 16.0. The largest absolute Gasteiger partial charge is 0.478 e. The summed E-state index contributed by atoms with van der Waals surface area (Å²) in [6.45, 7) is 2.30. The van der Waals surface area contributed by atoms with Crippen molar-refractivity contribution in [1.29, 1.82) is 0 Å². The lowest BCUT2D eigenvalue weighted by Gasteiger charge is -2.12. The SMILES string of the molecule is CCCCNC(=O)c1c(OS(C)(=O)=O)cccc1C(=O)O. The topological polar surface area (TPSA) is 110 Å². The predicted molar refractivity (Wildman–Crippen MR) is 76.1 cm³/mol. The Balaban J connectivity index is 3.23. The maximum absolute atomic E-state index is 12.1. The third-order valence-electron chi connectivity index (χ3n) is 2.54. The van der Waals surface area contributed by atoms with Crippen molar-refractivity contribution in [2.45, 2.75) is 19.8 Å². The first-order valence-electron chi connectivity index (χ1n) is 6.30. The number of aromatic carboxylic acids is 1. The van der Waals surface area contributed by atoms with Gasteiger partial charge in [0.2, 0.25) is 0 Å². The molecule has 0 saturated heterocycles. The van der Waals surface area contributed by atoms with Gasteiger partial charge in [-0.3, -0.25) is 4.79 Å². The number of carbonyl (C=O) groups excluding carboxylic acids is 1. The van der Waals surface area contributed by atoms with Crippen LogP contribution in [0.5, 0.6) is 5.75 Å².